The number of Topliss-reactive ketones (excluding diaryl/α,β-unsaturated/α-hetero) is 2. The summed E-state index contributed by atoms with van der Waals surface area (Å²) in [6.45, 7) is 0. The lowest BCUT2D eigenvalue weighted by atomic mass is 9.79. The number of aromatic hydroxyl groups is 3. The van der Waals surface area contributed by atoms with Gasteiger partial charge in [0.05, 0.1) is 22.3 Å². The topological polar surface area (TPSA) is 149 Å². The molecule has 4 N–H and O–H groups in total. The fraction of sp³-hybridized carbons (Fsp3) is 0.0714. The number of aliphatic hydroxyl groups excluding tert-OH is 1. The summed E-state index contributed by atoms with van der Waals surface area (Å²) < 4.78 is 0. The highest BCUT2D eigenvalue weighted by atomic mass is 16.3. The van der Waals surface area contributed by atoms with Gasteiger partial charge in [-0.05, 0) is 37.1 Å². The van der Waals surface area contributed by atoms with Gasteiger partial charge in [-0.3, -0.25) is 19.2 Å². The van der Waals surface area contributed by atoms with Gasteiger partial charge in [0.2, 0.25) is 11.6 Å². The number of hydrogen-bond donors (Lipinski definition) is 4. The third-order valence-corrected chi connectivity index (χ3v) is 6.33. The zero-order chi connectivity index (χ0) is 25.7. The first kappa shape index (κ1) is 22.8. The normalized spacial score (nSPS) is 15.7. The van der Waals surface area contributed by atoms with Crippen LogP contribution in [0.15, 0.2) is 77.6 Å². The first-order valence-corrected chi connectivity index (χ1v) is 11.0. The van der Waals surface area contributed by atoms with Gasteiger partial charge in [0.25, 0.3) is 0 Å². The van der Waals surface area contributed by atoms with Crippen LogP contribution in [0.1, 0.15) is 65.4 Å². The van der Waals surface area contributed by atoms with Crippen molar-refractivity contribution in [3.05, 3.63) is 111 Å². The van der Waals surface area contributed by atoms with Crippen LogP contribution in [-0.4, -0.2) is 43.6 Å². The Kier molecular flexibility index (Phi) is 5.29. The van der Waals surface area contributed by atoms with Crippen molar-refractivity contribution in [1.29, 1.82) is 0 Å². The molecule has 0 radical (unpaired) electrons. The summed E-state index contributed by atoms with van der Waals surface area (Å²) in [6, 6.07) is 13.1. The predicted octanol–water partition coefficient (Wildman–Crippen LogP) is 4.18. The Hall–Kier alpha value is -4.98. The van der Waals surface area contributed by atoms with Gasteiger partial charge in [-0.25, -0.2) is 0 Å². The molecule has 0 saturated carbocycles. The van der Waals surface area contributed by atoms with E-state index in [1.54, 1.807) is 0 Å². The number of phenolic OH excluding ortho intramolecular Hbond substituents is 3. The average molecular weight is 482 g/mol. The van der Waals surface area contributed by atoms with Crippen LogP contribution in [0.4, 0.5) is 0 Å². The van der Waals surface area contributed by atoms with Crippen LogP contribution in [-0.2, 0) is 0 Å². The molecule has 0 amide bonds. The third kappa shape index (κ3) is 3.31. The Balaban J connectivity index is 0.000000148. The van der Waals surface area contributed by atoms with Crippen LogP contribution in [0.2, 0.25) is 0 Å². The fourth-order valence-electron chi connectivity index (χ4n) is 4.68. The Morgan fingerprint density at radius 2 is 0.972 bits per heavy atom. The van der Waals surface area contributed by atoms with Crippen LogP contribution in [0.5, 0.6) is 17.2 Å². The molecule has 3 aromatic carbocycles. The molecule has 36 heavy (non-hydrogen) atoms. The lowest BCUT2D eigenvalue weighted by Gasteiger charge is -2.23. The number of phenols is 3. The smallest absolute Gasteiger partial charge is 0.201 e. The molecule has 0 bridgehead atoms. The number of benzene rings is 3. The molecule has 3 aromatic rings. The number of carbonyl (C=O) groups excluding carboxylic acids is 4. The lowest BCUT2D eigenvalue weighted by molar-refractivity contribution is 0.0964. The molecule has 3 aliphatic carbocycles. The molecule has 0 heterocycles. The van der Waals surface area contributed by atoms with Crippen molar-refractivity contribution in [3.8, 4) is 17.2 Å². The lowest BCUT2D eigenvalue weighted by Crippen LogP contribution is -2.24. The molecule has 8 heteroatoms. The average Bonchev–Trinajstić information content (AvgIpc) is 2.86. The van der Waals surface area contributed by atoms with E-state index < -0.39 is 11.6 Å². The Morgan fingerprint density at radius 1 is 0.528 bits per heavy atom. The summed E-state index contributed by atoms with van der Waals surface area (Å²) in [5, 5.41) is 38.9. The highest BCUT2D eigenvalue weighted by molar-refractivity contribution is 6.30. The second kappa shape index (κ2) is 8.35. The van der Waals surface area contributed by atoms with E-state index in [1.165, 1.54) is 60.7 Å². The maximum absolute atomic E-state index is 12.3. The standard InChI is InChI=1S/C14H10O4.C14H8O4/c2*15-9-5-1-3-7-11(9)14(18)12-8(13(7)17)4-2-6-10(12)16/h1,3,5-6,15-16H,2,4H2;1-6,15-16H. The summed E-state index contributed by atoms with van der Waals surface area (Å²) in [7, 11) is 0. The molecule has 0 aliphatic heterocycles. The van der Waals surface area contributed by atoms with E-state index in [4.69, 9.17) is 0 Å². The van der Waals surface area contributed by atoms with E-state index in [-0.39, 0.29) is 73.5 Å². The zero-order valence-corrected chi connectivity index (χ0v) is 18.6. The summed E-state index contributed by atoms with van der Waals surface area (Å²) in [6.07, 6.45) is 2.51. The van der Waals surface area contributed by atoms with E-state index in [9.17, 15) is 39.6 Å². The molecule has 6 rings (SSSR count). The molecule has 0 saturated heterocycles. The molecule has 3 aliphatic rings. The van der Waals surface area contributed by atoms with Gasteiger partial charge in [0.1, 0.15) is 23.0 Å². The minimum absolute atomic E-state index is 0.0110. The molecule has 178 valence electrons. The quantitative estimate of drug-likeness (QED) is 0.292. The third-order valence-electron chi connectivity index (χ3n) is 6.33. The van der Waals surface area contributed by atoms with Gasteiger partial charge in [-0.2, -0.15) is 0 Å². The summed E-state index contributed by atoms with van der Waals surface area (Å²) in [5.41, 5.74) is 0.833. The molecule has 0 aromatic heterocycles. The maximum Gasteiger partial charge on any atom is 0.201 e. The van der Waals surface area contributed by atoms with Crippen LogP contribution in [0, 0.1) is 0 Å². The van der Waals surface area contributed by atoms with E-state index in [0.29, 0.717) is 18.4 Å². The van der Waals surface area contributed by atoms with Crippen LogP contribution in [0.3, 0.4) is 0 Å². The first-order chi connectivity index (χ1) is 17.2. The minimum Gasteiger partial charge on any atom is -0.508 e. The second-order valence-corrected chi connectivity index (χ2v) is 8.40. The van der Waals surface area contributed by atoms with E-state index in [1.807, 2.05) is 0 Å². The van der Waals surface area contributed by atoms with Crippen LogP contribution < -0.4 is 0 Å². The number of hydrogen-bond acceptors (Lipinski definition) is 8. The highest BCUT2D eigenvalue weighted by Gasteiger charge is 2.37. The Labute approximate surface area is 204 Å². The molecule has 0 spiro atoms. The van der Waals surface area contributed by atoms with Gasteiger partial charge < -0.3 is 20.4 Å². The fourth-order valence-corrected chi connectivity index (χ4v) is 4.68. The summed E-state index contributed by atoms with van der Waals surface area (Å²) in [5.74, 6) is -2.55. The van der Waals surface area contributed by atoms with E-state index in [2.05, 4.69) is 0 Å². The molecular weight excluding hydrogens is 464 g/mol. The highest BCUT2D eigenvalue weighted by Crippen LogP contribution is 2.38. The van der Waals surface area contributed by atoms with Crippen molar-refractivity contribution >= 4 is 23.1 Å². The van der Waals surface area contributed by atoms with Crippen molar-refractivity contribution < 1.29 is 39.6 Å². The molecule has 8 nitrogen and oxygen atoms in total. The van der Waals surface area contributed by atoms with Crippen LogP contribution in [0.25, 0.3) is 0 Å². The largest absolute Gasteiger partial charge is 0.508 e. The second-order valence-electron chi connectivity index (χ2n) is 8.40. The maximum atomic E-state index is 12.3. The van der Waals surface area contributed by atoms with Gasteiger partial charge >= 0.3 is 0 Å². The number of carbonyl (C=O) groups is 4. The molecule has 0 fully saturated rings. The van der Waals surface area contributed by atoms with Crippen molar-refractivity contribution in [3.63, 3.8) is 0 Å². The molecular formula is C28H18O8. The first-order valence-electron chi connectivity index (χ1n) is 11.0. The Bertz CT molecular complexity index is 1530. The molecule has 0 atom stereocenters. The number of aliphatic hydroxyl groups is 1. The van der Waals surface area contributed by atoms with Crippen molar-refractivity contribution in [2.75, 3.05) is 0 Å². The van der Waals surface area contributed by atoms with Gasteiger partial charge in [0.15, 0.2) is 11.6 Å². The van der Waals surface area contributed by atoms with Crippen molar-refractivity contribution in [2.45, 2.75) is 12.8 Å². The van der Waals surface area contributed by atoms with E-state index in [0.717, 1.165) is 0 Å². The number of fused-ring (bicyclic) bond motifs is 3. The van der Waals surface area contributed by atoms with Crippen molar-refractivity contribution in [2.24, 2.45) is 0 Å². The summed E-state index contributed by atoms with van der Waals surface area (Å²) in [4.78, 5) is 48.9. The SMILES string of the molecule is O=C1C2=C(C(=O)c3c(O)cccc31)C(O)=CCC2.O=C1c2cccc(O)c2C(=O)c2c(O)cccc21. The molecule has 0 unspecified atom stereocenters. The van der Waals surface area contributed by atoms with Crippen LogP contribution >= 0.6 is 0 Å². The monoisotopic (exact) mass is 482 g/mol. The number of rotatable bonds is 0. The zero-order valence-electron chi connectivity index (χ0n) is 18.6. The van der Waals surface area contributed by atoms with Gasteiger partial charge in [-0.15, -0.1) is 0 Å². The Morgan fingerprint density at radius 3 is 1.47 bits per heavy atom. The van der Waals surface area contributed by atoms with Gasteiger partial charge in [-0.1, -0.05) is 36.4 Å². The summed E-state index contributed by atoms with van der Waals surface area (Å²) >= 11 is 0. The number of allylic oxidation sites excluding steroid dienone is 3. The predicted molar refractivity (Wildman–Crippen MR) is 127 cm³/mol. The minimum atomic E-state index is -0.532. The van der Waals surface area contributed by atoms with Crippen molar-refractivity contribution in [1.82, 2.24) is 0 Å². The van der Waals surface area contributed by atoms with E-state index >= 15 is 0 Å². The number of ketones is 4. The van der Waals surface area contributed by atoms with Gasteiger partial charge in [0, 0.05) is 22.3 Å².